The number of ether oxygens (including phenoxy) is 4. The van der Waals surface area contributed by atoms with Crippen LogP contribution in [0.25, 0.3) is 11.1 Å². The van der Waals surface area contributed by atoms with Crippen molar-refractivity contribution < 1.29 is 33.3 Å². The molecule has 5 aromatic carbocycles. The molecule has 5 aromatic rings. The summed E-state index contributed by atoms with van der Waals surface area (Å²) in [4.78, 5) is 45.4. The topological polar surface area (TPSA) is 94.6 Å². The van der Waals surface area contributed by atoms with Crippen LogP contribution in [0.3, 0.4) is 0 Å². The fraction of sp³-hybridized carbons (Fsp3) is 0.283. The predicted molar refractivity (Wildman–Crippen MR) is 274 cm³/mol. The number of ketones is 2. The first kappa shape index (κ1) is 46.7. The smallest absolute Gasteiger partial charge is 0.312 e. The van der Waals surface area contributed by atoms with Crippen LogP contribution in [-0.4, -0.2) is 44.8 Å². The van der Waals surface area contributed by atoms with E-state index in [2.05, 4.69) is 97.5 Å². The van der Waals surface area contributed by atoms with Crippen LogP contribution in [0.5, 0.6) is 23.0 Å². The Bertz CT molecular complexity index is 3010. The van der Waals surface area contributed by atoms with Crippen LogP contribution in [0.15, 0.2) is 167 Å². The number of rotatable bonds is 12. The lowest BCUT2D eigenvalue weighted by Crippen LogP contribution is -2.37. The second-order valence-electron chi connectivity index (χ2n) is 19.7. The van der Waals surface area contributed by atoms with Gasteiger partial charge in [-0.3, -0.25) is 14.4 Å². The van der Waals surface area contributed by atoms with Crippen LogP contribution in [-0.2, 0) is 26.2 Å². The lowest BCUT2D eigenvalue weighted by Gasteiger charge is -2.32. The lowest BCUT2D eigenvalue weighted by molar-refractivity contribution is -0.136. The van der Waals surface area contributed by atoms with Gasteiger partial charge < -0.3 is 28.7 Å². The SMILES string of the molecule is COc1ccc(N(c2ccc(OC)cc2)c2ccc(-c3cc(OC(=O)CC(C)(C)C4=C(C)C(=O)C(C)=C(C)C4=O)cc4c3CC3=CCCC(C=CC5N(C)c6ccccc6C5(C)C)=C3O4)cc2)cc1. The number of carbonyl (C=O) groups is 3. The molecule has 2 aliphatic heterocycles. The van der Waals surface area contributed by atoms with Gasteiger partial charge in [0.25, 0.3) is 0 Å². The maximum absolute atomic E-state index is 14.1. The van der Waals surface area contributed by atoms with Gasteiger partial charge >= 0.3 is 5.97 Å². The van der Waals surface area contributed by atoms with Crippen LogP contribution in [0.1, 0.15) is 78.9 Å². The van der Waals surface area contributed by atoms with Crippen LogP contribution >= 0.6 is 0 Å². The van der Waals surface area contributed by atoms with Crippen molar-refractivity contribution in [2.24, 2.45) is 5.41 Å². The van der Waals surface area contributed by atoms with E-state index >= 15 is 0 Å². The molecule has 0 N–H and O–H groups in total. The number of nitrogens with zero attached hydrogens (tertiary/aromatic N) is 2. The molecular weight excluding hydrogens is 861 g/mol. The second kappa shape index (κ2) is 18.3. The van der Waals surface area contributed by atoms with E-state index in [1.807, 2.05) is 74.5 Å². The van der Waals surface area contributed by atoms with Gasteiger partial charge in [-0.25, -0.2) is 0 Å². The number of benzene rings is 5. The third-order valence-electron chi connectivity index (χ3n) is 14.5. The number of allylic oxidation sites excluding steroid dienone is 8. The van der Waals surface area contributed by atoms with Crippen molar-refractivity contribution in [1.82, 2.24) is 0 Å². The molecule has 0 amide bonds. The molecule has 0 aromatic heterocycles. The molecule has 1 unspecified atom stereocenters. The number of Topliss-reactive ketones (excluding diaryl/α,β-unsaturated/α-hetero) is 2. The maximum Gasteiger partial charge on any atom is 0.312 e. The van der Waals surface area contributed by atoms with Gasteiger partial charge in [0.15, 0.2) is 11.6 Å². The van der Waals surface area contributed by atoms with Crippen molar-refractivity contribution in [2.75, 3.05) is 31.1 Å². The van der Waals surface area contributed by atoms with Crippen molar-refractivity contribution in [3.63, 3.8) is 0 Å². The van der Waals surface area contributed by atoms with E-state index in [0.717, 1.165) is 75.0 Å². The predicted octanol–water partition coefficient (Wildman–Crippen LogP) is 13.2. The summed E-state index contributed by atoms with van der Waals surface area (Å²) in [5.41, 5.74) is 10.9. The first-order valence-electron chi connectivity index (χ1n) is 23.7. The molecule has 0 fully saturated rings. The molecule has 352 valence electrons. The highest BCUT2D eigenvalue weighted by Gasteiger charge is 2.42. The first-order chi connectivity index (χ1) is 33.0. The van der Waals surface area contributed by atoms with Gasteiger partial charge in [0, 0.05) is 81.0 Å². The minimum atomic E-state index is -0.976. The van der Waals surface area contributed by atoms with Crippen LogP contribution in [0, 0.1) is 5.41 Å². The number of fused-ring (bicyclic) bond motifs is 3. The summed E-state index contributed by atoms with van der Waals surface area (Å²) >= 11 is 0. The molecule has 2 aliphatic carbocycles. The van der Waals surface area contributed by atoms with E-state index in [1.165, 1.54) is 11.3 Å². The first-order valence-corrected chi connectivity index (χ1v) is 23.7. The quantitative estimate of drug-likeness (QED) is 0.0689. The fourth-order valence-corrected chi connectivity index (χ4v) is 10.7. The minimum absolute atomic E-state index is 0.0952. The Balaban J connectivity index is 1.09. The van der Waals surface area contributed by atoms with Gasteiger partial charge in [0.1, 0.15) is 28.8 Å². The summed E-state index contributed by atoms with van der Waals surface area (Å²) in [6, 6.07) is 36.8. The molecule has 9 nitrogen and oxygen atoms in total. The average Bonchev–Trinajstić information content (AvgIpc) is 3.54. The zero-order valence-corrected chi connectivity index (χ0v) is 41.3. The zero-order chi connectivity index (χ0) is 48.9. The summed E-state index contributed by atoms with van der Waals surface area (Å²) in [5.74, 6) is 2.38. The summed E-state index contributed by atoms with van der Waals surface area (Å²) in [5, 5.41) is 0. The molecule has 0 bridgehead atoms. The third-order valence-corrected chi connectivity index (χ3v) is 14.5. The molecule has 69 heavy (non-hydrogen) atoms. The van der Waals surface area contributed by atoms with Crippen molar-refractivity contribution >= 4 is 40.3 Å². The molecule has 4 aliphatic rings. The number of para-hydroxylation sites is 1. The highest BCUT2D eigenvalue weighted by atomic mass is 16.5. The Morgan fingerprint density at radius 2 is 1.39 bits per heavy atom. The molecule has 9 heteroatoms. The van der Waals surface area contributed by atoms with E-state index in [0.29, 0.717) is 40.2 Å². The highest BCUT2D eigenvalue weighted by molar-refractivity contribution is 6.25. The Morgan fingerprint density at radius 1 is 0.797 bits per heavy atom. The monoisotopic (exact) mass is 920 g/mol. The normalized spacial score (nSPS) is 17.6. The zero-order valence-electron chi connectivity index (χ0n) is 41.3. The van der Waals surface area contributed by atoms with Crippen LogP contribution in [0.2, 0.25) is 0 Å². The van der Waals surface area contributed by atoms with Gasteiger partial charge in [-0.15, -0.1) is 0 Å². The van der Waals surface area contributed by atoms with Crippen LogP contribution in [0.4, 0.5) is 22.7 Å². The van der Waals surface area contributed by atoms with Crippen molar-refractivity contribution in [1.29, 1.82) is 0 Å². The summed E-state index contributed by atoms with van der Waals surface area (Å²) in [6.07, 6.45) is 9.07. The van der Waals surface area contributed by atoms with Gasteiger partial charge in [-0.2, -0.15) is 0 Å². The van der Waals surface area contributed by atoms with Crippen molar-refractivity contribution in [3.05, 3.63) is 178 Å². The lowest BCUT2D eigenvalue weighted by atomic mass is 9.71. The number of likely N-dealkylation sites (N-methyl/N-ethyl adjacent to an activating group) is 1. The minimum Gasteiger partial charge on any atom is -0.497 e. The summed E-state index contributed by atoms with van der Waals surface area (Å²) in [7, 11) is 5.48. The van der Waals surface area contributed by atoms with Crippen molar-refractivity contribution in [2.45, 2.75) is 85.6 Å². The second-order valence-corrected chi connectivity index (χ2v) is 19.7. The third kappa shape index (κ3) is 8.60. The van der Waals surface area contributed by atoms with E-state index in [1.54, 1.807) is 35.0 Å². The van der Waals surface area contributed by atoms with Gasteiger partial charge in [0.05, 0.1) is 26.7 Å². The molecule has 0 spiro atoms. The molecular formula is C60H60N2O7. The molecule has 0 saturated heterocycles. The number of hydrogen-bond acceptors (Lipinski definition) is 9. The van der Waals surface area contributed by atoms with Gasteiger partial charge in [-0.1, -0.05) is 76.3 Å². The van der Waals surface area contributed by atoms with Gasteiger partial charge in [-0.05, 0) is 134 Å². The fourth-order valence-electron chi connectivity index (χ4n) is 10.7. The molecule has 0 radical (unpaired) electrons. The van der Waals surface area contributed by atoms with E-state index in [-0.39, 0.29) is 29.4 Å². The largest absolute Gasteiger partial charge is 0.497 e. The van der Waals surface area contributed by atoms with Gasteiger partial charge in [0.2, 0.25) is 0 Å². The van der Waals surface area contributed by atoms with Crippen molar-refractivity contribution in [3.8, 4) is 34.1 Å². The number of hydrogen-bond donors (Lipinski definition) is 0. The number of anilines is 4. The average molecular weight is 921 g/mol. The van der Waals surface area contributed by atoms with Crippen LogP contribution < -0.4 is 28.7 Å². The Kier molecular flexibility index (Phi) is 12.4. The van der Waals surface area contributed by atoms with E-state index in [9.17, 15) is 14.4 Å². The molecule has 9 rings (SSSR count). The Morgan fingerprint density at radius 3 is 2.00 bits per heavy atom. The Hall–Kier alpha value is -7.39. The number of carbonyl (C=O) groups excluding carboxylic acids is 3. The molecule has 1 atom stereocenters. The number of methoxy groups -OCH3 is 2. The summed E-state index contributed by atoms with van der Waals surface area (Å²) in [6.45, 7) is 13.3. The van der Waals surface area contributed by atoms with E-state index in [4.69, 9.17) is 18.9 Å². The highest BCUT2D eigenvalue weighted by Crippen LogP contribution is 2.48. The Labute approximate surface area is 406 Å². The molecule has 2 heterocycles. The summed E-state index contributed by atoms with van der Waals surface area (Å²) < 4.78 is 24.2. The van der Waals surface area contributed by atoms with E-state index < -0.39 is 11.4 Å². The maximum atomic E-state index is 14.1. The standard InChI is InChI=1S/C60H60N2O7/c1-36-37(2)57(65)55(38(3)56(36)64)59(4,5)35-54(63)68-47-33-48(39-18-21-42(22-19-39)62(43-23-27-45(66-9)28-24-43)44-25-29-46(67-10)30-26-44)49-32-41-15-13-14-40(58(41)69-52(49)34-47)20-31-53-60(6,7)50-16-11-12-17-51(50)61(53)8/h11-12,15-31,33-34,53H,13-14,32,35H2,1-10H3. The number of esters is 1. The molecule has 0 saturated carbocycles.